The molecule has 1 aliphatic rings. The number of fused-ring (bicyclic) bond motifs is 1. The molecule has 0 bridgehead atoms. The highest BCUT2D eigenvalue weighted by molar-refractivity contribution is 9.10. The lowest BCUT2D eigenvalue weighted by atomic mass is 9.91. The predicted octanol–water partition coefficient (Wildman–Crippen LogP) is 4.25. The average Bonchev–Trinajstić information content (AvgIpc) is 2.52. The van der Waals surface area contributed by atoms with E-state index in [0.29, 0.717) is 28.0 Å². The third-order valence-electron chi connectivity index (χ3n) is 4.08. The fraction of sp³-hybridized carbons (Fsp3) is 0.333. The van der Waals surface area contributed by atoms with Crippen LogP contribution in [0.1, 0.15) is 42.7 Å². The molecule has 0 saturated carbocycles. The summed E-state index contributed by atoms with van der Waals surface area (Å²) in [6.45, 7) is 4.08. The van der Waals surface area contributed by atoms with E-state index in [9.17, 15) is 10.2 Å². The van der Waals surface area contributed by atoms with Crippen molar-refractivity contribution < 1.29 is 19.7 Å². The number of aliphatic hydroxyl groups excluding tert-OH is 1. The van der Waals surface area contributed by atoms with Crippen molar-refractivity contribution in [1.82, 2.24) is 0 Å². The normalized spacial score (nSPS) is 23.4. The van der Waals surface area contributed by atoms with Crippen molar-refractivity contribution in [3.8, 4) is 11.5 Å². The molecule has 3 rings (SSSR count). The van der Waals surface area contributed by atoms with E-state index in [1.54, 1.807) is 13.0 Å². The summed E-state index contributed by atoms with van der Waals surface area (Å²) in [4.78, 5) is 0. The fourth-order valence-corrected chi connectivity index (χ4v) is 3.49. The zero-order chi connectivity index (χ0) is 16.6. The van der Waals surface area contributed by atoms with Crippen LogP contribution in [0.3, 0.4) is 0 Å². The highest BCUT2D eigenvalue weighted by Gasteiger charge is 2.36. The van der Waals surface area contributed by atoms with Gasteiger partial charge in [-0.25, -0.2) is 0 Å². The van der Waals surface area contributed by atoms with Crippen molar-refractivity contribution in [3.05, 3.63) is 57.6 Å². The highest BCUT2D eigenvalue weighted by atomic mass is 79.9. The Kier molecular flexibility index (Phi) is 4.62. The minimum Gasteiger partial charge on any atom is -0.508 e. The van der Waals surface area contributed by atoms with Crippen LogP contribution in [0.2, 0.25) is 0 Å². The van der Waals surface area contributed by atoms with Gasteiger partial charge in [0.2, 0.25) is 0 Å². The van der Waals surface area contributed by atoms with E-state index in [-0.39, 0.29) is 18.0 Å². The molecule has 0 aromatic heterocycles. The third kappa shape index (κ3) is 3.09. The van der Waals surface area contributed by atoms with Crippen LogP contribution >= 0.6 is 15.9 Å². The van der Waals surface area contributed by atoms with Crippen LogP contribution < -0.4 is 4.74 Å². The van der Waals surface area contributed by atoms with E-state index in [4.69, 9.17) is 9.47 Å². The first-order valence-corrected chi connectivity index (χ1v) is 8.33. The number of hydrogen-bond donors (Lipinski definition) is 2. The summed E-state index contributed by atoms with van der Waals surface area (Å²) in [5.41, 5.74) is 2.22. The molecule has 23 heavy (non-hydrogen) atoms. The Balaban J connectivity index is 2.00. The summed E-state index contributed by atoms with van der Waals surface area (Å²) in [6.07, 6.45) is -1.54. The lowest BCUT2D eigenvalue weighted by Crippen LogP contribution is -2.28. The average molecular weight is 379 g/mol. The first-order valence-electron chi connectivity index (χ1n) is 7.54. The number of phenolic OH excluding ortho intramolecular Hbond substituents is 1. The van der Waals surface area contributed by atoms with Gasteiger partial charge in [-0.15, -0.1) is 0 Å². The number of hydrogen-bond acceptors (Lipinski definition) is 4. The molecule has 0 aliphatic carbocycles. The van der Waals surface area contributed by atoms with Gasteiger partial charge in [-0.3, -0.25) is 0 Å². The Morgan fingerprint density at radius 3 is 2.57 bits per heavy atom. The Morgan fingerprint density at radius 1 is 1.17 bits per heavy atom. The number of phenols is 1. The van der Waals surface area contributed by atoms with Gasteiger partial charge < -0.3 is 19.7 Å². The number of aliphatic hydroxyl groups is 1. The van der Waals surface area contributed by atoms with Gasteiger partial charge >= 0.3 is 0 Å². The molecule has 0 spiro atoms. The molecule has 2 aromatic carbocycles. The second kappa shape index (κ2) is 6.51. The molecule has 2 N–H and O–H groups in total. The van der Waals surface area contributed by atoms with Crippen molar-refractivity contribution in [1.29, 1.82) is 0 Å². The zero-order valence-corrected chi connectivity index (χ0v) is 14.6. The van der Waals surface area contributed by atoms with Crippen molar-refractivity contribution in [2.45, 2.75) is 38.8 Å². The maximum atomic E-state index is 10.4. The molecule has 1 heterocycles. The Labute approximate surface area is 143 Å². The SMILES string of the molecule is C[C@@H]1O[C@H](C)c2c(OCc3ccccc3)c(Br)cc(O)c2[C@@H]1O. The van der Waals surface area contributed by atoms with Crippen molar-refractivity contribution in [2.24, 2.45) is 0 Å². The summed E-state index contributed by atoms with van der Waals surface area (Å²) in [6, 6.07) is 11.4. The molecule has 2 aromatic rings. The lowest BCUT2D eigenvalue weighted by molar-refractivity contribution is -0.0828. The van der Waals surface area contributed by atoms with E-state index in [0.717, 1.165) is 5.56 Å². The molecular formula is C18H19BrO4. The summed E-state index contributed by atoms with van der Waals surface area (Å²) in [5, 5.41) is 20.6. The topological polar surface area (TPSA) is 58.9 Å². The second-order valence-corrected chi connectivity index (χ2v) is 6.59. The van der Waals surface area contributed by atoms with Crippen molar-refractivity contribution in [3.63, 3.8) is 0 Å². The number of rotatable bonds is 3. The van der Waals surface area contributed by atoms with Crippen LogP contribution in [0.5, 0.6) is 11.5 Å². The molecule has 0 radical (unpaired) electrons. The van der Waals surface area contributed by atoms with E-state index in [1.165, 1.54) is 0 Å². The van der Waals surface area contributed by atoms with Crippen LogP contribution in [0.15, 0.2) is 40.9 Å². The highest BCUT2D eigenvalue weighted by Crippen LogP contribution is 2.48. The van der Waals surface area contributed by atoms with Gasteiger partial charge in [-0.05, 0) is 41.4 Å². The van der Waals surface area contributed by atoms with E-state index in [1.807, 2.05) is 37.3 Å². The van der Waals surface area contributed by atoms with Gasteiger partial charge in [-0.2, -0.15) is 0 Å². The Morgan fingerprint density at radius 2 is 1.87 bits per heavy atom. The summed E-state index contributed by atoms with van der Waals surface area (Å²) in [5.74, 6) is 0.647. The smallest absolute Gasteiger partial charge is 0.140 e. The number of halogens is 1. The van der Waals surface area contributed by atoms with Gasteiger partial charge in [-0.1, -0.05) is 30.3 Å². The molecule has 3 atom stereocenters. The molecule has 0 saturated heterocycles. The summed E-state index contributed by atoms with van der Waals surface area (Å²) < 4.78 is 12.4. The number of benzene rings is 2. The molecule has 1 aliphatic heterocycles. The molecular weight excluding hydrogens is 360 g/mol. The number of aromatic hydroxyl groups is 1. The van der Waals surface area contributed by atoms with Gasteiger partial charge in [0.05, 0.1) is 16.7 Å². The first kappa shape index (κ1) is 16.3. The van der Waals surface area contributed by atoms with Gasteiger partial charge in [0, 0.05) is 11.1 Å². The molecule has 0 amide bonds. The fourth-order valence-electron chi connectivity index (χ4n) is 2.94. The number of ether oxygens (including phenoxy) is 2. The zero-order valence-electron chi connectivity index (χ0n) is 13.0. The standard InChI is InChI=1S/C18H19BrO4/c1-10-15-16(17(21)11(2)23-10)14(20)8-13(19)18(15)22-9-12-6-4-3-5-7-12/h3-8,10-11,17,20-21H,9H2,1-2H3/t10-,11+,17-/m1/s1. The van der Waals surface area contributed by atoms with Crippen LogP contribution in [-0.4, -0.2) is 16.3 Å². The van der Waals surface area contributed by atoms with Gasteiger partial charge in [0.1, 0.15) is 24.2 Å². The van der Waals surface area contributed by atoms with Gasteiger partial charge in [0.25, 0.3) is 0 Å². The second-order valence-electron chi connectivity index (χ2n) is 5.74. The summed E-state index contributed by atoms with van der Waals surface area (Å²) >= 11 is 3.44. The maximum absolute atomic E-state index is 10.4. The van der Waals surface area contributed by atoms with E-state index < -0.39 is 6.10 Å². The third-order valence-corrected chi connectivity index (χ3v) is 4.67. The van der Waals surface area contributed by atoms with Crippen LogP contribution in [0.25, 0.3) is 0 Å². The van der Waals surface area contributed by atoms with Crippen LogP contribution in [0, 0.1) is 0 Å². The Hall–Kier alpha value is -1.56. The van der Waals surface area contributed by atoms with Crippen molar-refractivity contribution in [2.75, 3.05) is 0 Å². The molecule has 5 heteroatoms. The summed E-state index contributed by atoms with van der Waals surface area (Å²) in [7, 11) is 0. The molecule has 0 fully saturated rings. The largest absolute Gasteiger partial charge is 0.508 e. The van der Waals surface area contributed by atoms with Gasteiger partial charge in [0.15, 0.2) is 0 Å². The maximum Gasteiger partial charge on any atom is 0.140 e. The minimum atomic E-state index is -0.881. The predicted molar refractivity (Wildman–Crippen MR) is 90.5 cm³/mol. The van der Waals surface area contributed by atoms with E-state index >= 15 is 0 Å². The molecule has 4 nitrogen and oxygen atoms in total. The quantitative estimate of drug-likeness (QED) is 0.837. The Bertz CT molecular complexity index is 702. The van der Waals surface area contributed by atoms with Crippen LogP contribution in [-0.2, 0) is 11.3 Å². The molecule has 122 valence electrons. The van der Waals surface area contributed by atoms with Crippen LogP contribution in [0.4, 0.5) is 0 Å². The van der Waals surface area contributed by atoms with Crippen molar-refractivity contribution >= 4 is 15.9 Å². The lowest BCUT2D eigenvalue weighted by Gasteiger charge is -2.34. The molecule has 0 unspecified atom stereocenters. The first-order chi connectivity index (χ1) is 11.0. The van der Waals surface area contributed by atoms with E-state index in [2.05, 4.69) is 15.9 Å². The monoisotopic (exact) mass is 378 g/mol. The minimum absolute atomic E-state index is 0.0495.